The van der Waals surface area contributed by atoms with Crippen LogP contribution < -0.4 is 0 Å². The molecule has 100 valence electrons. The van der Waals surface area contributed by atoms with Crippen LogP contribution in [-0.2, 0) is 20.8 Å². The third-order valence-electron chi connectivity index (χ3n) is 2.94. The van der Waals surface area contributed by atoms with E-state index in [2.05, 4.69) is 0 Å². The minimum Gasteiger partial charge on any atom is -0.387 e. The zero-order valence-electron chi connectivity index (χ0n) is 10.2. The first-order valence-electron chi connectivity index (χ1n) is 5.88. The summed E-state index contributed by atoms with van der Waals surface area (Å²) in [6.07, 6.45) is -3.36. The molecule has 0 aliphatic carbocycles. The molecule has 1 aliphatic rings. The molecule has 1 aromatic carbocycles. The van der Waals surface area contributed by atoms with Gasteiger partial charge in [-0.1, -0.05) is 30.3 Å². The standard InChI is InChI=1S/C13H18O5/c1-16-13-12(15)11(14)10(18-13)8-17-7-9-5-3-2-4-6-9/h2-6,10-15H,7-8H2,1H3/t10-,11+,12-,13?/m1/s1. The third kappa shape index (κ3) is 3.07. The van der Waals surface area contributed by atoms with Crippen LogP contribution in [0.3, 0.4) is 0 Å². The Balaban J connectivity index is 1.77. The highest BCUT2D eigenvalue weighted by Gasteiger charge is 2.42. The molecule has 1 saturated heterocycles. The minimum atomic E-state index is -1.03. The van der Waals surface area contributed by atoms with E-state index < -0.39 is 24.6 Å². The number of aliphatic hydroxyl groups is 2. The van der Waals surface area contributed by atoms with Gasteiger partial charge in [0.05, 0.1) is 13.2 Å². The molecule has 0 aromatic heterocycles. The Morgan fingerprint density at radius 3 is 2.50 bits per heavy atom. The van der Waals surface area contributed by atoms with Gasteiger partial charge in [0, 0.05) is 7.11 Å². The normalized spacial score (nSPS) is 31.7. The average molecular weight is 254 g/mol. The van der Waals surface area contributed by atoms with Gasteiger partial charge in [-0.2, -0.15) is 0 Å². The van der Waals surface area contributed by atoms with Gasteiger partial charge in [0.1, 0.15) is 18.3 Å². The van der Waals surface area contributed by atoms with Crippen LogP contribution in [0.1, 0.15) is 5.56 Å². The smallest absolute Gasteiger partial charge is 0.186 e. The molecule has 5 heteroatoms. The van der Waals surface area contributed by atoms with Crippen molar-refractivity contribution in [3.8, 4) is 0 Å². The van der Waals surface area contributed by atoms with Gasteiger partial charge in [0.2, 0.25) is 0 Å². The van der Waals surface area contributed by atoms with Crippen molar-refractivity contribution in [2.24, 2.45) is 0 Å². The molecule has 2 rings (SSSR count). The first-order chi connectivity index (χ1) is 8.72. The molecular formula is C13H18O5. The van der Waals surface area contributed by atoms with E-state index in [1.807, 2.05) is 30.3 Å². The van der Waals surface area contributed by atoms with Crippen molar-refractivity contribution in [3.05, 3.63) is 35.9 Å². The number of hydrogen-bond donors (Lipinski definition) is 2. The molecule has 0 saturated carbocycles. The van der Waals surface area contributed by atoms with Gasteiger partial charge < -0.3 is 24.4 Å². The van der Waals surface area contributed by atoms with Crippen molar-refractivity contribution < 1.29 is 24.4 Å². The summed E-state index contributed by atoms with van der Waals surface area (Å²) in [6, 6.07) is 9.72. The Morgan fingerprint density at radius 2 is 1.89 bits per heavy atom. The van der Waals surface area contributed by atoms with Crippen LogP contribution in [0.5, 0.6) is 0 Å². The number of ether oxygens (including phenoxy) is 3. The molecule has 1 fully saturated rings. The summed E-state index contributed by atoms with van der Waals surface area (Å²) in [7, 11) is 1.42. The van der Waals surface area contributed by atoms with Gasteiger partial charge in [0.25, 0.3) is 0 Å². The predicted octanol–water partition coefficient (Wildman–Crippen LogP) is 0.296. The minimum absolute atomic E-state index is 0.215. The number of hydrogen-bond acceptors (Lipinski definition) is 5. The van der Waals surface area contributed by atoms with Gasteiger partial charge in [-0.3, -0.25) is 0 Å². The summed E-state index contributed by atoms with van der Waals surface area (Å²) in [5.74, 6) is 0. The largest absolute Gasteiger partial charge is 0.387 e. The Kier molecular flexibility index (Phi) is 4.68. The van der Waals surface area contributed by atoms with Crippen LogP contribution in [0.2, 0.25) is 0 Å². The molecule has 1 aliphatic heterocycles. The summed E-state index contributed by atoms with van der Waals surface area (Å²) in [5.41, 5.74) is 1.05. The molecule has 0 radical (unpaired) electrons. The van der Waals surface area contributed by atoms with E-state index >= 15 is 0 Å². The van der Waals surface area contributed by atoms with Crippen LogP contribution in [0.4, 0.5) is 0 Å². The molecule has 4 atom stereocenters. The number of methoxy groups -OCH3 is 1. The van der Waals surface area contributed by atoms with Crippen molar-refractivity contribution in [1.29, 1.82) is 0 Å². The SMILES string of the molecule is COC1O[C@H](COCc2ccccc2)[C@H](O)[C@H]1O. The van der Waals surface area contributed by atoms with Gasteiger partial charge >= 0.3 is 0 Å². The predicted molar refractivity (Wildman–Crippen MR) is 63.8 cm³/mol. The molecule has 5 nitrogen and oxygen atoms in total. The Labute approximate surface area is 106 Å². The highest BCUT2D eigenvalue weighted by atomic mass is 16.7. The Bertz CT molecular complexity index is 356. The van der Waals surface area contributed by atoms with E-state index in [4.69, 9.17) is 14.2 Å². The lowest BCUT2D eigenvalue weighted by Crippen LogP contribution is -2.34. The van der Waals surface area contributed by atoms with E-state index in [-0.39, 0.29) is 6.61 Å². The first-order valence-corrected chi connectivity index (χ1v) is 5.88. The van der Waals surface area contributed by atoms with E-state index in [0.29, 0.717) is 6.61 Å². The quantitative estimate of drug-likeness (QED) is 0.791. The summed E-state index contributed by atoms with van der Waals surface area (Å²) >= 11 is 0. The molecule has 1 unspecified atom stereocenters. The lowest BCUT2D eigenvalue weighted by atomic mass is 10.1. The van der Waals surface area contributed by atoms with Gasteiger partial charge in [-0.15, -0.1) is 0 Å². The summed E-state index contributed by atoms with van der Waals surface area (Å²) in [6.45, 7) is 0.661. The van der Waals surface area contributed by atoms with Crippen LogP contribution in [-0.4, -0.2) is 48.5 Å². The van der Waals surface area contributed by atoms with Crippen LogP contribution in [0.25, 0.3) is 0 Å². The number of benzene rings is 1. The zero-order chi connectivity index (χ0) is 13.0. The second-order valence-electron chi connectivity index (χ2n) is 4.26. The van der Waals surface area contributed by atoms with Crippen LogP contribution >= 0.6 is 0 Å². The lowest BCUT2D eigenvalue weighted by molar-refractivity contribution is -0.156. The maximum absolute atomic E-state index is 9.72. The van der Waals surface area contributed by atoms with E-state index in [0.717, 1.165) is 5.56 Å². The van der Waals surface area contributed by atoms with E-state index in [1.165, 1.54) is 7.11 Å². The molecule has 1 heterocycles. The second kappa shape index (κ2) is 6.26. The molecule has 0 bridgehead atoms. The summed E-state index contributed by atoms with van der Waals surface area (Å²) in [4.78, 5) is 0. The topological polar surface area (TPSA) is 68.2 Å². The lowest BCUT2D eigenvalue weighted by Gasteiger charge is -2.14. The zero-order valence-corrected chi connectivity index (χ0v) is 10.2. The van der Waals surface area contributed by atoms with Gasteiger partial charge in [-0.25, -0.2) is 0 Å². The van der Waals surface area contributed by atoms with Crippen LogP contribution in [0, 0.1) is 0 Å². The molecule has 18 heavy (non-hydrogen) atoms. The highest BCUT2D eigenvalue weighted by molar-refractivity contribution is 5.13. The van der Waals surface area contributed by atoms with E-state index in [1.54, 1.807) is 0 Å². The fourth-order valence-corrected chi connectivity index (χ4v) is 1.91. The molecular weight excluding hydrogens is 236 g/mol. The highest BCUT2D eigenvalue weighted by Crippen LogP contribution is 2.22. The number of rotatable bonds is 5. The van der Waals surface area contributed by atoms with Crippen molar-refractivity contribution >= 4 is 0 Å². The van der Waals surface area contributed by atoms with Crippen molar-refractivity contribution in [2.75, 3.05) is 13.7 Å². The molecule has 0 amide bonds. The van der Waals surface area contributed by atoms with Crippen LogP contribution in [0.15, 0.2) is 30.3 Å². The fourth-order valence-electron chi connectivity index (χ4n) is 1.91. The number of aliphatic hydroxyl groups excluding tert-OH is 2. The molecule has 2 N–H and O–H groups in total. The summed E-state index contributed by atoms with van der Waals surface area (Å²) < 4.78 is 15.7. The van der Waals surface area contributed by atoms with Crippen molar-refractivity contribution in [1.82, 2.24) is 0 Å². The van der Waals surface area contributed by atoms with Gasteiger partial charge in [-0.05, 0) is 5.56 Å². The first kappa shape index (κ1) is 13.5. The average Bonchev–Trinajstić information content (AvgIpc) is 2.68. The van der Waals surface area contributed by atoms with E-state index in [9.17, 15) is 10.2 Å². The van der Waals surface area contributed by atoms with Crippen molar-refractivity contribution in [2.45, 2.75) is 31.2 Å². The Hall–Kier alpha value is -0.980. The third-order valence-corrected chi connectivity index (χ3v) is 2.94. The van der Waals surface area contributed by atoms with Crippen molar-refractivity contribution in [3.63, 3.8) is 0 Å². The maximum atomic E-state index is 9.72. The summed E-state index contributed by atoms with van der Waals surface area (Å²) in [5, 5.41) is 19.3. The molecule has 1 aromatic rings. The Morgan fingerprint density at radius 1 is 1.17 bits per heavy atom. The fraction of sp³-hybridized carbons (Fsp3) is 0.538. The maximum Gasteiger partial charge on any atom is 0.186 e. The second-order valence-corrected chi connectivity index (χ2v) is 4.26. The monoisotopic (exact) mass is 254 g/mol. The molecule has 0 spiro atoms. The van der Waals surface area contributed by atoms with Gasteiger partial charge in [0.15, 0.2) is 6.29 Å².